The molecule has 2 aliphatic rings. The average Bonchev–Trinajstić information content (AvgIpc) is 2.48. The Bertz CT molecular complexity index is 629. The first kappa shape index (κ1) is 15.4. The molecule has 120 valence electrons. The molecule has 0 heterocycles. The molecule has 22 heavy (non-hydrogen) atoms. The van der Waals surface area contributed by atoms with E-state index in [4.69, 9.17) is 0 Å². The van der Waals surface area contributed by atoms with Gasteiger partial charge in [0.1, 0.15) is 5.75 Å². The molecule has 2 aliphatic carbocycles. The molecular formula is C16H20O6. The molecule has 1 aromatic rings. The minimum Gasteiger partial charge on any atom is -0.507 e. The maximum atomic E-state index is 12.8. The number of hydrogen-bond donors (Lipinski definition) is 5. The van der Waals surface area contributed by atoms with Crippen LogP contribution >= 0.6 is 0 Å². The van der Waals surface area contributed by atoms with Crippen LogP contribution in [0.4, 0.5) is 0 Å². The lowest BCUT2D eigenvalue weighted by Crippen LogP contribution is -2.73. The molecule has 0 amide bonds. The van der Waals surface area contributed by atoms with Crippen LogP contribution in [0, 0.1) is 11.3 Å². The highest BCUT2D eigenvalue weighted by Gasteiger charge is 2.68. The zero-order chi connectivity index (χ0) is 16.3. The van der Waals surface area contributed by atoms with Crippen molar-refractivity contribution in [1.82, 2.24) is 0 Å². The number of phenolic OH excluding ortho intramolecular Hbond substituents is 1. The van der Waals surface area contributed by atoms with Gasteiger partial charge in [0.05, 0.1) is 29.8 Å². The van der Waals surface area contributed by atoms with Crippen LogP contribution in [0.25, 0.3) is 0 Å². The number of aliphatic hydroxyl groups excluding tert-OH is 3. The number of hydrogen-bond acceptors (Lipinski definition) is 6. The molecule has 6 heteroatoms. The van der Waals surface area contributed by atoms with Crippen molar-refractivity contribution in [3.8, 4) is 5.75 Å². The van der Waals surface area contributed by atoms with E-state index in [2.05, 4.69) is 0 Å². The highest BCUT2D eigenvalue weighted by Crippen LogP contribution is 2.54. The van der Waals surface area contributed by atoms with Crippen LogP contribution in [-0.2, 0) is 6.42 Å². The van der Waals surface area contributed by atoms with E-state index >= 15 is 0 Å². The van der Waals surface area contributed by atoms with E-state index in [1.165, 1.54) is 6.07 Å². The number of rotatable bonds is 1. The van der Waals surface area contributed by atoms with E-state index in [1.807, 2.05) is 0 Å². The Morgan fingerprint density at radius 2 is 2.00 bits per heavy atom. The number of carbonyl (C=O) groups excluding carboxylic acids is 1. The number of aromatic hydroxyl groups is 1. The molecule has 1 fully saturated rings. The van der Waals surface area contributed by atoms with Crippen LogP contribution in [0.2, 0.25) is 0 Å². The lowest BCUT2D eigenvalue weighted by Gasteiger charge is -2.57. The second-order valence-electron chi connectivity index (χ2n) is 6.57. The molecule has 0 saturated heterocycles. The predicted molar refractivity (Wildman–Crippen MR) is 76.4 cm³/mol. The summed E-state index contributed by atoms with van der Waals surface area (Å²) in [6.45, 7) is 1.06. The van der Waals surface area contributed by atoms with Crippen molar-refractivity contribution in [2.75, 3.05) is 6.61 Å². The third-order valence-electron chi connectivity index (χ3n) is 5.43. The summed E-state index contributed by atoms with van der Waals surface area (Å²) in [6.07, 6.45) is -2.53. The van der Waals surface area contributed by atoms with Crippen molar-refractivity contribution in [2.45, 2.75) is 37.6 Å². The first-order valence-electron chi connectivity index (χ1n) is 7.34. The van der Waals surface area contributed by atoms with Crippen molar-refractivity contribution >= 4 is 5.78 Å². The molecular weight excluding hydrogens is 288 g/mol. The van der Waals surface area contributed by atoms with Gasteiger partial charge in [0.15, 0.2) is 5.60 Å². The van der Waals surface area contributed by atoms with E-state index in [-0.39, 0.29) is 30.1 Å². The van der Waals surface area contributed by atoms with Gasteiger partial charge in [-0.25, -0.2) is 0 Å². The standard InChI is InChI=1S/C16H20O6/c1-8-5-11(19)16(22)14(21)12-9(3-2-4-10(12)18)6-15(16,7-17)13(8)20/h2-4,8,11,13,17-20,22H,5-7H2,1H3. The van der Waals surface area contributed by atoms with Gasteiger partial charge in [-0.3, -0.25) is 4.79 Å². The van der Waals surface area contributed by atoms with Crippen molar-refractivity contribution in [3.05, 3.63) is 29.3 Å². The lowest BCUT2D eigenvalue weighted by atomic mass is 9.51. The quantitative estimate of drug-likeness (QED) is 0.482. The van der Waals surface area contributed by atoms with Crippen LogP contribution in [-0.4, -0.2) is 55.7 Å². The molecule has 1 aromatic carbocycles. The second kappa shape index (κ2) is 4.76. The first-order chi connectivity index (χ1) is 10.3. The summed E-state index contributed by atoms with van der Waals surface area (Å²) in [5.41, 5.74) is -3.50. The SMILES string of the molecule is CC1CC(O)C2(O)C(=O)c3c(O)cccc3CC2(CO)C1O. The Morgan fingerprint density at radius 3 is 2.64 bits per heavy atom. The number of carbonyl (C=O) groups is 1. The van der Waals surface area contributed by atoms with E-state index in [1.54, 1.807) is 19.1 Å². The molecule has 0 radical (unpaired) electrons. The fourth-order valence-corrected chi connectivity index (χ4v) is 4.17. The number of phenols is 1. The third kappa shape index (κ3) is 1.61. The number of ketones is 1. The largest absolute Gasteiger partial charge is 0.507 e. The first-order valence-corrected chi connectivity index (χ1v) is 7.34. The molecule has 0 aliphatic heterocycles. The van der Waals surface area contributed by atoms with Gasteiger partial charge in [0, 0.05) is 0 Å². The van der Waals surface area contributed by atoms with Crippen LogP contribution in [0.15, 0.2) is 18.2 Å². The monoisotopic (exact) mass is 308 g/mol. The number of benzene rings is 1. The van der Waals surface area contributed by atoms with Crippen molar-refractivity contribution in [1.29, 1.82) is 0 Å². The molecule has 1 saturated carbocycles. The van der Waals surface area contributed by atoms with Gasteiger partial charge < -0.3 is 25.5 Å². The van der Waals surface area contributed by atoms with Gasteiger partial charge in [-0.1, -0.05) is 19.1 Å². The highest BCUT2D eigenvalue weighted by molar-refractivity contribution is 6.08. The fourth-order valence-electron chi connectivity index (χ4n) is 4.17. The van der Waals surface area contributed by atoms with E-state index in [0.29, 0.717) is 5.56 Å². The second-order valence-corrected chi connectivity index (χ2v) is 6.57. The van der Waals surface area contributed by atoms with E-state index < -0.39 is 35.6 Å². The maximum absolute atomic E-state index is 12.8. The Hall–Kier alpha value is -1.47. The zero-order valence-electron chi connectivity index (χ0n) is 12.2. The summed E-state index contributed by atoms with van der Waals surface area (Å²) in [5, 5.41) is 51.8. The van der Waals surface area contributed by atoms with Crippen molar-refractivity contribution in [2.24, 2.45) is 11.3 Å². The molecule has 5 unspecified atom stereocenters. The normalized spacial score (nSPS) is 41.0. The Kier molecular flexibility index (Phi) is 3.34. The fraction of sp³-hybridized carbons (Fsp3) is 0.562. The Balaban J connectivity index is 2.28. The lowest BCUT2D eigenvalue weighted by molar-refractivity contribution is -0.228. The minimum absolute atomic E-state index is 0.00194. The Morgan fingerprint density at radius 1 is 1.32 bits per heavy atom. The molecule has 0 aromatic heterocycles. The summed E-state index contributed by atoms with van der Waals surface area (Å²) in [7, 11) is 0. The van der Waals surface area contributed by atoms with Gasteiger partial charge in [-0.2, -0.15) is 0 Å². The summed E-state index contributed by atoms with van der Waals surface area (Å²) >= 11 is 0. The number of aliphatic hydroxyl groups is 4. The topological polar surface area (TPSA) is 118 Å². The van der Waals surface area contributed by atoms with E-state index in [0.717, 1.165) is 0 Å². The van der Waals surface area contributed by atoms with Crippen LogP contribution < -0.4 is 0 Å². The molecule has 5 atom stereocenters. The summed E-state index contributed by atoms with van der Waals surface area (Å²) < 4.78 is 0. The summed E-state index contributed by atoms with van der Waals surface area (Å²) in [6, 6.07) is 4.51. The van der Waals surface area contributed by atoms with Crippen molar-refractivity contribution < 1.29 is 30.3 Å². The van der Waals surface area contributed by atoms with Crippen LogP contribution in [0.1, 0.15) is 29.3 Å². The summed E-state index contributed by atoms with van der Waals surface area (Å²) in [5.74, 6) is -1.50. The molecule has 0 bridgehead atoms. The zero-order valence-corrected chi connectivity index (χ0v) is 12.2. The van der Waals surface area contributed by atoms with Gasteiger partial charge in [-0.15, -0.1) is 0 Å². The van der Waals surface area contributed by atoms with Gasteiger partial charge in [0.25, 0.3) is 0 Å². The average molecular weight is 308 g/mol. The van der Waals surface area contributed by atoms with Gasteiger partial charge >= 0.3 is 0 Å². The van der Waals surface area contributed by atoms with Crippen LogP contribution in [0.5, 0.6) is 5.75 Å². The smallest absolute Gasteiger partial charge is 0.201 e. The summed E-state index contributed by atoms with van der Waals surface area (Å²) in [4.78, 5) is 12.8. The number of Topliss-reactive ketones (excluding diaryl/α,β-unsaturated/α-hetero) is 1. The molecule has 3 rings (SSSR count). The molecule has 0 spiro atoms. The van der Waals surface area contributed by atoms with Gasteiger partial charge in [0.2, 0.25) is 5.78 Å². The predicted octanol–water partition coefficient (Wildman–Crippen LogP) is -0.398. The molecule has 5 N–H and O–H groups in total. The Labute approximate surface area is 127 Å². The van der Waals surface area contributed by atoms with Crippen molar-refractivity contribution in [3.63, 3.8) is 0 Å². The van der Waals surface area contributed by atoms with E-state index in [9.17, 15) is 30.3 Å². The highest BCUT2D eigenvalue weighted by atomic mass is 16.4. The van der Waals surface area contributed by atoms with Crippen LogP contribution in [0.3, 0.4) is 0 Å². The minimum atomic E-state index is -2.32. The molecule has 6 nitrogen and oxygen atoms in total. The van der Waals surface area contributed by atoms with Gasteiger partial charge in [-0.05, 0) is 30.4 Å². The third-order valence-corrected chi connectivity index (χ3v) is 5.43. The number of fused-ring (bicyclic) bond motifs is 2. The maximum Gasteiger partial charge on any atom is 0.201 e.